The Bertz CT molecular complexity index is 597. The third kappa shape index (κ3) is 4.23. The summed E-state index contributed by atoms with van der Waals surface area (Å²) in [6, 6.07) is 8.03. The summed E-state index contributed by atoms with van der Waals surface area (Å²) in [6.07, 6.45) is 10.4. The van der Waals surface area contributed by atoms with E-state index in [0.717, 1.165) is 18.3 Å². The molecule has 1 aromatic carbocycles. The highest BCUT2D eigenvalue weighted by Crippen LogP contribution is 2.32. The molecule has 1 heterocycles. The van der Waals surface area contributed by atoms with E-state index in [0.29, 0.717) is 12.0 Å². The molecule has 1 atom stereocenters. The summed E-state index contributed by atoms with van der Waals surface area (Å²) in [6.45, 7) is 2.09. The van der Waals surface area contributed by atoms with Crippen molar-refractivity contribution in [1.82, 2.24) is 4.90 Å². The van der Waals surface area contributed by atoms with Crippen molar-refractivity contribution >= 4 is 35.6 Å². The largest absolute Gasteiger partial charge is 0.370 e. The van der Waals surface area contributed by atoms with Gasteiger partial charge in [-0.3, -0.25) is 9.89 Å². The van der Waals surface area contributed by atoms with Crippen LogP contribution in [0.25, 0.3) is 0 Å². The van der Waals surface area contributed by atoms with E-state index in [1.165, 1.54) is 69.0 Å². The number of nitrogens with one attached hydrogen (secondary N) is 1. The Kier molecular flexibility index (Phi) is 6.02. The molecule has 0 bridgehead atoms. The first-order valence-electron chi connectivity index (χ1n) is 9.24. The summed E-state index contributed by atoms with van der Waals surface area (Å²) in [7, 11) is 0. The van der Waals surface area contributed by atoms with E-state index in [1.54, 1.807) is 0 Å². The average Bonchev–Trinajstić information content (AvgIpc) is 3.31. The average molecular weight is 440 g/mol. The first kappa shape index (κ1) is 18.0. The first-order chi connectivity index (χ1) is 11.3. The van der Waals surface area contributed by atoms with Crippen LogP contribution in [0.4, 0.5) is 5.69 Å². The molecule has 5 heteroatoms. The molecular formula is C19H29IN4. The maximum Gasteiger partial charge on any atom is 0.193 e. The fourth-order valence-corrected chi connectivity index (χ4v) is 4.15. The minimum absolute atomic E-state index is 0. The second-order valence-corrected chi connectivity index (χ2v) is 7.31. The van der Waals surface area contributed by atoms with Gasteiger partial charge in [-0.05, 0) is 74.8 Å². The van der Waals surface area contributed by atoms with Crippen LogP contribution in [0.15, 0.2) is 23.2 Å². The lowest BCUT2D eigenvalue weighted by atomic mass is 10.0. The molecular weight excluding hydrogens is 411 g/mol. The fraction of sp³-hybridized carbons (Fsp3) is 0.632. The maximum atomic E-state index is 6.13. The van der Waals surface area contributed by atoms with Gasteiger partial charge in [0.25, 0.3) is 0 Å². The summed E-state index contributed by atoms with van der Waals surface area (Å²) in [5.74, 6) is 0.560. The number of benzene rings is 1. The van der Waals surface area contributed by atoms with Gasteiger partial charge in [0.2, 0.25) is 0 Å². The van der Waals surface area contributed by atoms with Crippen LogP contribution >= 0.6 is 24.0 Å². The molecule has 3 aliphatic rings. The number of aliphatic imine (C=N–C) groups is 1. The van der Waals surface area contributed by atoms with Crippen LogP contribution in [0, 0.1) is 0 Å². The molecule has 24 heavy (non-hydrogen) atoms. The Labute approximate surface area is 162 Å². The third-order valence-electron chi connectivity index (χ3n) is 5.53. The fourth-order valence-electron chi connectivity index (χ4n) is 4.15. The molecule has 0 aromatic heterocycles. The zero-order valence-corrected chi connectivity index (χ0v) is 16.7. The van der Waals surface area contributed by atoms with E-state index >= 15 is 0 Å². The minimum Gasteiger partial charge on any atom is -0.370 e. The quantitative estimate of drug-likeness (QED) is 0.428. The Balaban J connectivity index is 0.00000169. The van der Waals surface area contributed by atoms with Crippen molar-refractivity contribution in [2.75, 3.05) is 18.4 Å². The highest BCUT2D eigenvalue weighted by atomic mass is 127. The molecule has 4 nitrogen and oxygen atoms in total. The van der Waals surface area contributed by atoms with Gasteiger partial charge in [-0.15, -0.1) is 24.0 Å². The summed E-state index contributed by atoms with van der Waals surface area (Å²) in [5.41, 5.74) is 10.2. The van der Waals surface area contributed by atoms with E-state index in [2.05, 4.69) is 33.4 Å². The molecule has 2 aliphatic carbocycles. The third-order valence-corrected chi connectivity index (χ3v) is 5.53. The van der Waals surface area contributed by atoms with Gasteiger partial charge in [-0.1, -0.05) is 12.5 Å². The molecule has 0 radical (unpaired) electrons. The highest BCUT2D eigenvalue weighted by Gasteiger charge is 2.34. The maximum absolute atomic E-state index is 6.13. The first-order valence-corrected chi connectivity index (χ1v) is 9.24. The van der Waals surface area contributed by atoms with Gasteiger partial charge in [0.1, 0.15) is 0 Å². The summed E-state index contributed by atoms with van der Waals surface area (Å²) in [5, 5.41) is 3.28. The van der Waals surface area contributed by atoms with Gasteiger partial charge >= 0.3 is 0 Å². The van der Waals surface area contributed by atoms with Gasteiger partial charge in [0.15, 0.2) is 5.96 Å². The number of fused-ring (bicyclic) bond motifs is 1. The number of aryl methyl sites for hydroxylation is 2. The van der Waals surface area contributed by atoms with Crippen LogP contribution in [0.1, 0.15) is 49.7 Å². The lowest BCUT2D eigenvalue weighted by molar-refractivity contribution is 0.144. The predicted molar refractivity (Wildman–Crippen MR) is 111 cm³/mol. The minimum atomic E-state index is 0. The molecule has 1 unspecified atom stereocenters. The number of nitrogens with zero attached hydrogens (tertiary/aromatic N) is 2. The van der Waals surface area contributed by atoms with Crippen LogP contribution < -0.4 is 11.1 Å². The van der Waals surface area contributed by atoms with Gasteiger partial charge in [0, 0.05) is 17.8 Å². The van der Waals surface area contributed by atoms with Gasteiger partial charge < -0.3 is 11.1 Å². The van der Waals surface area contributed by atoms with Crippen LogP contribution in [-0.2, 0) is 12.8 Å². The van der Waals surface area contributed by atoms with E-state index in [-0.39, 0.29) is 24.0 Å². The Hall–Kier alpha value is -0.820. The van der Waals surface area contributed by atoms with Crippen molar-refractivity contribution in [2.45, 2.75) is 63.5 Å². The van der Waals surface area contributed by atoms with Crippen LogP contribution in [0.3, 0.4) is 0 Å². The van der Waals surface area contributed by atoms with E-state index in [4.69, 9.17) is 5.73 Å². The number of nitrogens with two attached hydrogens (primary N) is 1. The molecule has 1 aliphatic heterocycles. The predicted octanol–water partition coefficient (Wildman–Crippen LogP) is 3.54. The Morgan fingerprint density at radius 1 is 1.12 bits per heavy atom. The number of piperidine rings is 1. The van der Waals surface area contributed by atoms with Gasteiger partial charge in [-0.2, -0.15) is 0 Å². The zero-order valence-electron chi connectivity index (χ0n) is 14.3. The molecule has 2 fully saturated rings. The standard InChI is InChI=1S/C19H28N4.HI/c20-19(22-16-8-7-14-4-3-5-15(14)12-16)21-13-18-6-1-2-11-23(18)17-9-10-17;/h7-8,12,17-18H,1-6,9-11,13H2,(H3,20,21,22);1H. The molecule has 4 rings (SSSR count). The van der Waals surface area contributed by atoms with Crippen molar-refractivity contribution < 1.29 is 0 Å². The zero-order chi connectivity index (χ0) is 15.6. The molecule has 1 saturated heterocycles. The monoisotopic (exact) mass is 440 g/mol. The molecule has 132 valence electrons. The van der Waals surface area contributed by atoms with E-state index in [1.807, 2.05) is 0 Å². The van der Waals surface area contributed by atoms with Gasteiger partial charge in [0.05, 0.1) is 6.54 Å². The molecule has 1 aromatic rings. The van der Waals surface area contributed by atoms with Gasteiger partial charge in [-0.25, -0.2) is 0 Å². The summed E-state index contributed by atoms with van der Waals surface area (Å²) < 4.78 is 0. The summed E-state index contributed by atoms with van der Waals surface area (Å²) in [4.78, 5) is 7.31. The number of hydrogen-bond acceptors (Lipinski definition) is 2. The normalized spacial score (nSPS) is 24.3. The number of anilines is 1. The lowest BCUT2D eigenvalue weighted by Crippen LogP contribution is -2.43. The van der Waals surface area contributed by atoms with E-state index in [9.17, 15) is 0 Å². The van der Waals surface area contributed by atoms with Crippen LogP contribution in [0.5, 0.6) is 0 Å². The second kappa shape index (κ2) is 8.04. The van der Waals surface area contributed by atoms with Crippen molar-refractivity contribution in [3.05, 3.63) is 29.3 Å². The van der Waals surface area contributed by atoms with Crippen molar-refractivity contribution in [1.29, 1.82) is 0 Å². The SMILES string of the molecule is I.NC(=NCC1CCCCN1C1CC1)Nc1ccc2c(c1)CCC2. The highest BCUT2D eigenvalue weighted by molar-refractivity contribution is 14.0. The molecule has 0 spiro atoms. The smallest absolute Gasteiger partial charge is 0.193 e. The molecule has 0 amide bonds. The summed E-state index contributed by atoms with van der Waals surface area (Å²) >= 11 is 0. The van der Waals surface area contributed by atoms with Crippen LogP contribution in [0.2, 0.25) is 0 Å². The number of likely N-dealkylation sites (tertiary alicyclic amines) is 1. The number of hydrogen-bond donors (Lipinski definition) is 2. The Morgan fingerprint density at radius 2 is 1.96 bits per heavy atom. The number of guanidine groups is 1. The topological polar surface area (TPSA) is 53.6 Å². The number of rotatable bonds is 4. The second-order valence-electron chi connectivity index (χ2n) is 7.31. The number of halogens is 1. The molecule has 3 N–H and O–H groups in total. The van der Waals surface area contributed by atoms with E-state index < -0.39 is 0 Å². The Morgan fingerprint density at radius 3 is 2.79 bits per heavy atom. The lowest BCUT2D eigenvalue weighted by Gasteiger charge is -2.35. The van der Waals surface area contributed by atoms with Crippen LogP contribution in [-0.4, -0.2) is 36.0 Å². The van der Waals surface area contributed by atoms with Crippen molar-refractivity contribution in [3.63, 3.8) is 0 Å². The molecule has 1 saturated carbocycles. The van der Waals surface area contributed by atoms with Crippen molar-refractivity contribution in [2.24, 2.45) is 10.7 Å². The van der Waals surface area contributed by atoms with Crippen molar-refractivity contribution in [3.8, 4) is 0 Å².